The van der Waals surface area contributed by atoms with Crippen molar-refractivity contribution in [1.29, 1.82) is 0 Å². The summed E-state index contributed by atoms with van der Waals surface area (Å²) in [6.45, 7) is 26.6. The first kappa shape index (κ1) is 71.1. The van der Waals surface area contributed by atoms with Gasteiger partial charge in [-0.05, 0) is 49.4 Å². The predicted octanol–water partition coefficient (Wildman–Crippen LogP) is 23.0. The summed E-state index contributed by atoms with van der Waals surface area (Å²) in [6, 6.07) is 0. The number of rotatable bonds is 54. The first-order valence-corrected chi connectivity index (χ1v) is 31.1. The molecule has 0 rings (SSSR count). The molecule has 408 valence electrons. The van der Waals surface area contributed by atoms with Crippen LogP contribution in [0.5, 0.6) is 0 Å². The highest BCUT2D eigenvalue weighted by Crippen LogP contribution is 2.27. The summed E-state index contributed by atoms with van der Waals surface area (Å²) in [5, 5.41) is 0. The van der Waals surface area contributed by atoms with Gasteiger partial charge in [-0.3, -0.25) is 0 Å². The number of hydrogen-bond acceptors (Lipinski definition) is 3. The average molecular weight is 952 g/mol. The fourth-order valence-electron chi connectivity index (χ4n) is 9.28. The molecule has 0 aliphatic carbocycles. The number of ether oxygens (including phenoxy) is 3. The second kappa shape index (κ2) is 60.2. The normalized spacial score (nSPS) is 14.2. The Labute approximate surface area is 427 Å². The first-order chi connectivity index (χ1) is 32.3. The van der Waals surface area contributed by atoms with Crippen molar-refractivity contribution in [3.05, 3.63) is 0 Å². The van der Waals surface area contributed by atoms with Crippen molar-refractivity contribution in [3.63, 3.8) is 0 Å². The summed E-state index contributed by atoms with van der Waals surface area (Å²) in [5.74, 6) is 3.31. The van der Waals surface area contributed by atoms with Gasteiger partial charge in [0.05, 0.1) is 13.2 Å². The molecule has 3 heteroatoms. The van der Waals surface area contributed by atoms with Crippen molar-refractivity contribution < 1.29 is 14.2 Å². The maximum absolute atomic E-state index is 6.49. The minimum absolute atomic E-state index is 0. The van der Waals surface area contributed by atoms with Crippen LogP contribution in [-0.2, 0) is 14.2 Å². The quantitative estimate of drug-likeness (QED) is 0.0449. The smallest absolute Gasteiger partial charge is 0.160 e. The van der Waals surface area contributed by atoms with Gasteiger partial charge in [0, 0.05) is 19.1 Å². The Kier molecular flexibility index (Phi) is 63.9. The van der Waals surface area contributed by atoms with E-state index in [9.17, 15) is 0 Å². The van der Waals surface area contributed by atoms with Crippen molar-refractivity contribution in [3.8, 4) is 0 Å². The lowest BCUT2D eigenvalue weighted by Crippen LogP contribution is -2.31. The highest BCUT2D eigenvalue weighted by Gasteiger charge is 2.24. The number of hydrogen-bond donors (Lipinski definition) is 0. The van der Waals surface area contributed by atoms with E-state index in [1.807, 2.05) is 0 Å². The fraction of sp³-hybridized carbons (Fsp3) is 1.00. The van der Waals surface area contributed by atoms with E-state index in [-0.39, 0.29) is 13.7 Å². The van der Waals surface area contributed by atoms with Crippen molar-refractivity contribution in [1.82, 2.24) is 0 Å². The van der Waals surface area contributed by atoms with Gasteiger partial charge in [-0.1, -0.05) is 327 Å². The lowest BCUT2D eigenvalue weighted by Gasteiger charge is -2.29. The molecule has 3 nitrogen and oxygen atoms in total. The Morgan fingerprint density at radius 1 is 0.269 bits per heavy atom. The molecule has 0 saturated carbocycles. The molecule has 0 N–H and O–H groups in total. The van der Waals surface area contributed by atoms with Crippen LogP contribution in [0.2, 0.25) is 0 Å². The van der Waals surface area contributed by atoms with Gasteiger partial charge in [0.2, 0.25) is 0 Å². The fourth-order valence-corrected chi connectivity index (χ4v) is 9.28. The molecule has 0 aromatic carbocycles. The summed E-state index contributed by atoms with van der Waals surface area (Å²) in [7, 11) is 0. The highest BCUT2D eigenvalue weighted by molar-refractivity contribution is 4.68. The molecule has 5 atom stereocenters. The molecule has 0 amide bonds. The van der Waals surface area contributed by atoms with Crippen molar-refractivity contribution in [2.75, 3.05) is 26.4 Å². The highest BCUT2D eigenvalue weighted by atomic mass is 16.7. The monoisotopic (exact) mass is 951 g/mol. The van der Waals surface area contributed by atoms with Gasteiger partial charge in [-0.15, -0.1) is 0 Å². The summed E-state index contributed by atoms with van der Waals surface area (Å²) in [6.07, 6.45) is 60.0. The van der Waals surface area contributed by atoms with Gasteiger partial charge in [-0.2, -0.15) is 0 Å². The summed E-state index contributed by atoms with van der Waals surface area (Å²) >= 11 is 0. The van der Waals surface area contributed by atoms with Crippen LogP contribution in [0.4, 0.5) is 0 Å². The molecule has 0 radical (unpaired) electrons. The lowest BCUT2D eigenvalue weighted by molar-refractivity contribution is -0.187. The van der Waals surface area contributed by atoms with E-state index in [4.69, 9.17) is 14.2 Å². The molecule has 0 aliphatic heterocycles. The Bertz CT molecular complexity index is 832. The topological polar surface area (TPSA) is 27.7 Å². The Morgan fingerprint density at radius 2 is 0.507 bits per heavy atom. The predicted molar refractivity (Wildman–Crippen MR) is 306 cm³/mol. The van der Waals surface area contributed by atoms with Gasteiger partial charge in [-0.25, -0.2) is 0 Å². The largest absolute Gasteiger partial charge is 0.381 e. The van der Waals surface area contributed by atoms with Crippen LogP contribution >= 0.6 is 0 Å². The molecule has 5 unspecified atom stereocenters. The molecule has 0 aromatic heterocycles. The van der Waals surface area contributed by atoms with E-state index in [0.717, 1.165) is 32.3 Å². The van der Waals surface area contributed by atoms with E-state index >= 15 is 0 Å². The van der Waals surface area contributed by atoms with E-state index in [1.165, 1.54) is 276 Å². The lowest BCUT2D eigenvalue weighted by atomic mass is 9.93. The third-order valence-corrected chi connectivity index (χ3v) is 15.1. The van der Waals surface area contributed by atoms with Gasteiger partial charge in [0.25, 0.3) is 0 Å². The van der Waals surface area contributed by atoms with E-state index in [2.05, 4.69) is 69.2 Å². The molecule has 0 aliphatic rings. The SMILES string of the molecule is C.CCCCCCCCCCCCC(CCCCCCCCCC)C(OCC(C)CC)OCC(C)CC.CCCCCCCCCCCCC(CCCCCCCCCC)COCC(C)CC. The van der Waals surface area contributed by atoms with Gasteiger partial charge in [0.1, 0.15) is 0 Å². The Balaban J connectivity index is -0.00000122. The van der Waals surface area contributed by atoms with Gasteiger partial charge >= 0.3 is 0 Å². The molecular formula is C64H134O3. The third kappa shape index (κ3) is 55.1. The van der Waals surface area contributed by atoms with E-state index in [1.54, 1.807) is 0 Å². The van der Waals surface area contributed by atoms with Gasteiger partial charge in [0.15, 0.2) is 6.29 Å². The minimum Gasteiger partial charge on any atom is -0.381 e. The van der Waals surface area contributed by atoms with Crippen LogP contribution in [0.3, 0.4) is 0 Å². The second-order valence-electron chi connectivity index (χ2n) is 22.2. The standard InChI is InChI=1S/C34H70O2.C29H60O.CH4/c1-7-11-13-15-17-19-20-22-24-26-28-33(27-25-23-21-18-16-14-12-8-2)34(35-29-31(5)9-3)36-30-32(6)10-4;1-5-8-10-12-14-16-17-19-21-23-25-29(27-30-26-28(4)7-3)24-22-20-18-15-13-11-9-6-2;/h31-34H,7-30H2,1-6H3;28-29H,5-27H2,1-4H3;1H4. The minimum atomic E-state index is -0.00359. The average Bonchev–Trinajstić information content (AvgIpc) is 3.33. The van der Waals surface area contributed by atoms with Crippen molar-refractivity contribution >= 4 is 0 Å². The van der Waals surface area contributed by atoms with Gasteiger partial charge < -0.3 is 14.2 Å². The maximum Gasteiger partial charge on any atom is 0.160 e. The first-order valence-electron chi connectivity index (χ1n) is 31.1. The zero-order valence-corrected chi connectivity index (χ0v) is 47.9. The van der Waals surface area contributed by atoms with Crippen LogP contribution in [-0.4, -0.2) is 32.7 Å². The number of unbranched alkanes of at least 4 members (excludes halogenated alkanes) is 32. The van der Waals surface area contributed by atoms with Crippen molar-refractivity contribution in [2.24, 2.45) is 29.6 Å². The zero-order chi connectivity index (χ0) is 48.8. The van der Waals surface area contributed by atoms with Crippen LogP contribution in [0.15, 0.2) is 0 Å². The Hall–Kier alpha value is -0.120. The molecule has 67 heavy (non-hydrogen) atoms. The van der Waals surface area contributed by atoms with E-state index < -0.39 is 0 Å². The van der Waals surface area contributed by atoms with Crippen LogP contribution in [0.25, 0.3) is 0 Å². The molecule has 0 fully saturated rings. The van der Waals surface area contributed by atoms with Crippen LogP contribution in [0.1, 0.15) is 353 Å². The van der Waals surface area contributed by atoms with Crippen LogP contribution in [0, 0.1) is 29.6 Å². The summed E-state index contributed by atoms with van der Waals surface area (Å²) in [4.78, 5) is 0. The van der Waals surface area contributed by atoms with E-state index in [0.29, 0.717) is 23.7 Å². The maximum atomic E-state index is 6.49. The Morgan fingerprint density at radius 3 is 0.776 bits per heavy atom. The third-order valence-electron chi connectivity index (χ3n) is 15.1. The van der Waals surface area contributed by atoms with Crippen molar-refractivity contribution in [2.45, 2.75) is 359 Å². The zero-order valence-electron chi connectivity index (χ0n) is 47.9. The molecular weight excluding hydrogens is 817 g/mol. The molecule has 0 saturated heterocycles. The van der Waals surface area contributed by atoms with Crippen LogP contribution < -0.4 is 0 Å². The molecule has 0 spiro atoms. The summed E-state index contributed by atoms with van der Waals surface area (Å²) in [5.41, 5.74) is 0. The molecule has 0 bridgehead atoms. The molecule has 0 heterocycles. The second-order valence-corrected chi connectivity index (χ2v) is 22.2. The summed E-state index contributed by atoms with van der Waals surface area (Å²) < 4.78 is 19.1. The molecule has 0 aromatic rings.